The summed E-state index contributed by atoms with van der Waals surface area (Å²) < 4.78 is 0. The van der Waals surface area contributed by atoms with Crippen molar-refractivity contribution < 1.29 is 9.85 Å². The first-order chi connectivity index (χ1) is 10.0. The number of benzene rings is 1. The minimum atomic E-state index is -0.616. The fourth-order valence-electron chi connectivity index (χ4n) is 2.65. The summed E-state index contributed by atoms with van der Waals surface area (Å²) in [6.45, 7) is 2.14. The standard InChI is InChI=1S/C13H18N4O4/c1-14-11-3-2-6-15(9-11)8-10-4-5-12(16(18)19)7-13(10)17(20)21/h4-5,7,11,14H,2-3,6,8-9H2,1H3. The summed E-state index contributed by atoms with van der Waals surface area (Å²) in [7, 11) is 1.91. The molecule has 8 nitrogen and oxygen atoms in total. The number of piperidine rings is 1. The van der Waals surface area contributed by atoms with Gasteiger partial charge in [-0.1, -0.05) is 0 Å². The van der Waals surface area contributed by atoms with Crippen LogP contribution in [-0.2, 0) is 6.54 Å². The van der Waals surface area contributed by atoms with E-state index in [9.17, 15) is 20.2 Å². The maximum absolute atomic E-state index is 11.1. The molecule has 0 spiro atoms. The second kappa shape index (κ2) is 6.59. The maximum Gasteiger partial charge on any atom is 0.280 e. The average Bonchev–Trinajstić information content (AvgIpc) is 2.47. The van der Waals surface area contributed by atoms with Gasteiger partial charge in [0.05, 0.1) is 15.9 Å². The molecule has 114 valence electrons. The molecule has 0 aliphatic carbocycles. The number of likely N-dealkylation sites (tertiary alicyclic amines) is 1. The van der Waals surface area contributed by atoms with Gasteiger partial charge in [0.15, 0.2) is 0 Å². The van der Waals surface area contributed by atoms with Gasteiger partial charge in [-0.05, 0) is 32.5 Å². The van der Waals surface area contributed by atoms with E-state index >= 15 is 0 Å². The molecule has 1 aromatic rings. The minimum absolute atomic E-state index is 0.184. The highest BCUT2D eigenvalue weighted by atomic mass is 16.6. The van der Waals surface area contributed by atoms with Gasteiger partial charge >= 0.3 is 0 Å². The number of likely N-dealkylation sites (N-methyl/N-ethyl adjacent to an activating group) is 1. The van der Waals surface area contributed by atoms with Gasteiger partial charge in [-0.25, -0.2) is 0 Å². The molecule has 0 saturated carbocycles. The Kier molecular flexibility index (Phi) is 4.81. The number of hydrogen-bond acceptors (Lipinski definition) is 6. The quantitative estimate of drug-likeness (QED) is 0.655. The first-order valence-electron chi connectivity index (χ1n) is 6.82. The molecule has 1 N–H and O–H groups in total. The van der Waals surface area contributed by atoms with E-state index in [1.807, 2.05) is 7.05 Å². The van der Waals surface area contributed by atoms with Crippen LogP contribution >= 0.6 is 0 Å². The predicted octanol–water partition coefficient (Wildman–Crippen LogP) is 1.69. The maximum atomic E-state index is 11.1. The molecule has 1 atom stereocenters. The second-order valence-corrected chi connectivity index (χ2v) is 5.19. The van der Waals surface area contributed by atoms with Crippen molar-refractivity contribution in [1.82, 2.24) is 10.2 Å². The summed E-state index contributed by atoms with van der Waals surface area (Å²) in [5.74, 6) is 0. The first-order valence-corrected chi connectivity index (χ1v) is 6.82. The highest BCUT2D eigenvalue weighted by molar-refractivity contribution is 5.49. The normalized spacial score (nSPS) is 19.4. The Hall–Kier alpha value is -2.06. The van der Waals surface area contributed by atoms with E-state index < -0.39 is 9.85 Å². The van der Waals surface area contributed by atoms with E-state index in [0.29, 0.717) is 18.2 Å². The van der Waals surface area contributed by atoms with Crippen LogP contribution in [-0.4, -0.2) is 40.9 Å². The highest BCUT2D eigenvalue weighted by Crippen LogP contribution is 2.26. The van der Waals surface area contributed by atoms with Crippen LogP contribution in [0.2, 0.25) is 0 Å². The summed E-state index contributed by atoms with van der Waals surface area (Å²) in [6, 6.07) is 4.23. The smallest absolute Gasteiger partial charge is 0.280 e. The van der Waals surface area contributed by atoms with Gasteiger partial charge in [0, 0.05) is 30.8 Å². The molecule has 0 radical (unpaired) electrons. The summed E-state index contributed by atoms with van der Waals surface area (Å²) >= 11 is 0. The Labute approximate surface area is 122 Å². The molecule has 1 aromatic carbocycles. The van der Waals surface area contributed by atoms with Crippen LogP contribution in [0.15, 0.2) is 18.2 Å². The zero-order valence-electron chi connectivity index (χ0n) is 11.8. The van der Waals surface area contributed by atoms with Crippen LogP contribution in [0.3, 0.4) is 0 Å². The molecular weight excluding hydrogens is 276 g/mol. The molecule has 2 rings (SSSR count). The molecule has 1 aliphatic rings. The Bertz CT molecular complexity index is 549. The number of hydrogen-bond donors (Lipinski definition) is 1. The third-order valence-electron chi connectivity index (χ3n) is 3.78. The molecule has 0 bridgehead atoms. The Balaban J connectivity index is 2.19. The molecule has 1 saturated heterocycles. The van der Waals surface area contributed by atoms with Gasteiger partial charge in [0.2, 0.25) is 0 Å². The average molecular weight is 294 g/mol. The molecule has 1 heterocycles. The number of nitro groups is 2. The third-order valence-corrected chi connectivity index (χ3v) is 3.78. The fourth-order valence-corrected chi connectivity index (χ4v) is 2.65. The van der Waals surface area contributed by atoms with Crippen molar-refractivity contribution in [2.24, 2.45) is 0 Å². The zero-order valence-corrected chi connectivity index (χ0v) is 11.8. The highest BCUT2D eigenvalue weighted by Gasteiger charge is 2.24. The topological polar surface area (TPSA) is 102 Å². The van der Waals surface area contributed by atoms with Crippen molar-refractivity contribution in [3.63, 3.8) is 0 Å². The SMILES string of the molecule is CNC1CCCN(Cc2ccc([N+](=O)[O-])cc2[N+](=O)[O-])C1. The summed E-state index contributed by atoms with van der Waals surface area (Å²) in [5, 5.41) is 25.1. The molecule has 1 unspecified atom stereocenters. The number of nitrogens with zero attached hydrogens (tertiary/aromatic N) is 3. The van der Waals surface area contributed by atoms with E-state index in [-0.39, 0.29) is 11.4 Å². The molecule has 1 fully saturated rings. The van der Waals surface area contributed by atoms with Crippen molar-refractivity contribution >= 4 is 11.4 Å². The largest absolute Gasteiger partial charge is 0.316 e. The molecular formula is C13H18N4O4. The second-order valence-electron chi connectivity index (χ2n) is 5.19. The Morgan fingerprint density at radius 2 is 2.10 bits per heavy atom. The first kappa shape index (κ1) is 15.3. The lowest BCUT2D eigenvalue weighted by Crippen LogP contribution is -2.43. The number of non-ortho nitro benzene ring substituents is 1. The van der Waals surface area contributed by atoms with E-state index in [1.54, 1.807) is 0 Å². The van der Waals surface area contributed by atoms with Crippen molar-refractivity contribution in [1.29, 1.82) is 0 Å². The zero-order chi connectivity index (χ0) is 15.4. The fraction of sp³-hybridized carbons (Fsp3) is 0.538. The van der Waals surface area contributed by atoms with E-state index in [1.165, 1.54) is 12.1 Å². The number of nitro benzene ring substituents is 2. The van der Waals surface area contributed by atoms with Gasteiger partial charge in [-0.15, -0.1) is 0 Å². The van der Waals surface area contributed by atoms with Crippen LogP contribution in [0, 0.1) is 20.2 Å². The van der Waals surface area contributed by atoms with E-state index in [0.717, 1.165) is 32.0 Å². The van der Waals surface area contributed by atoms with Gasteiger partial charge in [-0.2, -0.15) is 0 Å². The lowest BCUT2D eigenvalue weighted by molar-refractivity contribution is -0.394. The number of rotatable bonds is 5. The van der Waals surface area contributed by atoms with Crippen molar-refractivity contribution in [3.8, 4) is 0 Å². The van der Waals surface area contributed by atoms with Gasteiger partial charge in [-0.3, -0.25) is 25.1 Å². The summed E-state index contributed by atoms with van der Waals surface area (Å²) in [4.78, 5) is 22.8. The Morgan fingerprint density at radius 1 is 1.33 bits per heavy atom. The predicted molar refractivity (Wildman–Crippen MR) is 77.1 cm³/mol. The lowest BCUT2D eigenvalue weighted by Gasteiger charge is -2.32. The molecule has 0 amide bonds. The minimum Gasteiger partial charge on any atom is -0.316 e. The van der Waals surface area contributed by atoms with Crippen LogP contribution < -0.4 is 5.32 Å². The van der Waals surface area contributed by atoms with Crippen LogP contribution in [0.1, 0.15) is 18.4 Å². The molecule has 21 heavy (non-hydrogen) atoms. The van der Waals surface area contributed by atoms with Crippen molar-refractivity contribution in [2.45, 2.75) is 25.4 Å². The van der Waals surface area contributed by atoms with Gasteiger partial charge < -0.3 is 5.32 Å². The molecule has 8 heteroatoms. The van der Waals surface area contributed by atoms with Crippen LogP contribution in [0.4, 0.5) is 11.4 Å². The van der Waals surface area contributed by atoms with Crippen molar-refractivity contribution in [2.75, 3.05) is 20.1 Å². The summed E-state index contributed by atoms with van der Waals surface area (Å²) in [5.41, 5.74) is 0.0790. The van der Waals surface area contributed by atoms with Crippen LogP contribution in [0.25, 0.3) is 0 Å². The third kappa shape index (κ3) is 3.73. The van der Waals surface area contributed by atoms with E-state index in [2.05, 4.69) is 10.2 Å². The number of nitrogens with one attached hydrogen (secondary N) is 1. The van der Waals surface area contributed by atoms with E-state index in [4.69, 9.17) is 0 Å². The Morgan fingerprint density at radius 3 is 2.71 bits per heavy atom. The van der Waals surface area contributed by atoms with Crippen molar-refractivity contribution in [3.05, 3.63) is 44.0 Å². The monoisotopic (exact) mass is 294 g/mol. The lowest BCUT2D eigenvalue weighted by atomic mass is 10.0. The van der Waals surface area contributed by atoms with Gasteiger partial charge in [0.25, 0.3) is 11.4 Å². The molecule has 1 aliphatic heterocycles. The van der Waals surface area contributed by atoms with Gasteiger partial charge in [0.1, 0.15) is 0 Å². The summed E-state index contributed by atoms with van der Waals surface area (Å²) in [6.07, 6.45) is 2.13. The van der Waals surface area contributed by atoms with Crippen LogP contribution in [0.5, 0.6) is 0 Å². The molecule has 0 aromatic heterocycles.